The Morgan fingerprint density at radius 1 is 1.22 bits per heavy atom. The van der Waals surface area contributed by atoms with E-state index >= 15 is 0 Å². The van der Waals surface area contributed by atoms with Crippen LogP contribution in [0, 0.1) is 11.8 Å². The molecule has 18 heavy (non-hydrogen) atoms. The highest BCUT2D eigenvalue weighted by molar-refractivity contribution is 4.98. The van der Waals surface area contributed by atoms with Crippen LogP contribution in [0.2, 0.25) is 0 Å². The summed E-state index contributed by atoms with van der Waals surface area (Å²) in [6.45, 7) is 0.933. The van der Waals surface area contributed by atoms with Crippen LogP contribution >= 0.6 is 0 Å². The summed E-state index contributed by atoms with van der Waals surface area (Å²) in [5.74, 6) is 2.06. The van der Waals surface area contributed by atoms with Gasteiger partial charge >= 0.3 is 0 Å². The molecule has 0 spiro atoms. The van der Waals surface area contributed by atoms with Crippen LogP contribution < -0.4 is 5.32 Å². The predicted molar refractivity (Wildman–Crippen MR) is 73.1 cm³/mol. The van der Waals surface area contributed by atoms with Crippen LogP contribution in [0.3, 0.4) is 0 Å². The van der Waals surface area contributed by atoms with Gasteiger partial charge in [0.05, 0.1) is 5.69 Å². The first-order valence-corrected chi connectivity index (χ1v) is 7.53. The van der Waals surface area contributed by atoms with Gasteiger partial charge in [0, 0.05) is 25.8 Å². The maximum absolute atomic E-state index is 4.43. The summed E-state index contributed by atoms with van der Waals surface area (Å²) in [6.07, 6.45) is 12.2. The first kappa shape index (κ1) is 12.2. The lowest BCUT2D eigenvalue weighted by Gasteiger charge is -2.39. The molecule has 3 unspecified atom stereocenters. The van der Waals surface area contributed by atoms with E-state index in [4.69, 9.17) is 0 Å². The Kier molecular flexibility index (Phi) is 3.69. The van der Waals surface area contributed by atoms with E-state index in [-0.39, 0.29) is 0 Å². The van der Waals surface area contributed by atoms with E-state index < -0.39 is 0 Å². The number of aryl methyl sites for hydroxylation is 1. The van der Waals surface area contributed by atoms with Gasteiger partial charge in [-0.05, 0) is 37.2 Å². The third-order valence-corrected chi connectivity index (χ3v) is 4.88. The molecule has 3 atom stereocenters. The fourth-order valence-electron chi connectivity index (χ4n) is 3.87. The average Bonchev–Trinajstić information content (AvgIpc) is 2.82. The van der Waals surface area contributed by atoms with Crippen molar-refractivity contribution in [3.8, 4) is 0 Å². The number of hydrogen-bond donors (Lipinski definition) is 1. The zero-order valence-electron chi connectivity index (χ0n) is 11.4. The molecule has 1 aromatic heterocycles. The quantitative estimate of drug-likeness (QED) is 0.890. The van der Waals surface area contributed by atoms with Crippen LogP contribution in [0.1, 0.15) is 50.6 Å². The lowest BCUT2D eigenvalue weighted by atomic mass is 9.69. The molecule has 3 heteroatoms. The highest BCUT2D eigenvalue weighted by atomic mass is 15.3. The zero-order valence-corrected chi connectivity index (χ0v) is 11.4. The molecule has 2 aliphatic rings. The van der Waals surface area contributed by atoms with Gasteiger partial charge in [0.1, 0.15) is 0 Å². The summed E-state index contributed by atoms with van der Waals surface area (Å²) in [5, 5.41) is 8.14. The van der Waals surface area contributed by atoms with Gasteiger partial charge in [-0.3, -0.25) is 4.68 Å². The maximum atomic E-state index is 4.43. The van der Waals surface area contributed by atoms with Crippen molar-refractivity contribution >= 4 is 0 Å². The van der Waals surface area contributed by atoms with Crippen LogP contribution in [0.25, 0.3) is 0 Å². The molecule has 0 aliphatic heterocycles. The van der Waals surface area contributed by atoms with E-state index in [9.17, 15) is 0 Å². The minimum atomic E-state index is 0.728. The number of aromatic nitrogens is 2. The van der Waals surface area contributed by atoms with Crippen LogP contribution in [-0.4, -0.2) is 15.8 Å². The molecule has 1 N–H and O–H groups in total. The normalized spacial score (nSPS) is 32.2. The van der Waals surface area contributed by atoms with E-state index in [0.29, 0.717) is 0 Å². The maximum Gasteiger partial charge on any atom is 0.0762 e. The molecular weight excluding hydrogens is 222 g/mol. The van der Waals surface area contributed by atoms with E-state index in [1.165, 1.54) is 50.6 Å². The van der Waals surface area contributed by atoms with Crippen molar-refractivity contribution in [2.24, 2.45) is 18.9 Å². The van der Waals surface area contributed by atoms with Gasteiger partial charge in [-0.1, -0.05) is 25.7 Å². The highest BCUT2D eigenvalue weighted by Gasteiger charge is 2.31. The van der Waals surface area contributed by atoms with Gasteiger partial charge in [0.15, 0.2) is 0 Å². The number of nitrogens with one attached hydrogen (secondary N) is 1. The van der Waals surface area contributed by atoms with Gasteiger partial charge in [0.25, 0.3) is 0 Å². The number of fused-ring (bicyclic) bond motifs is 1. The van der Waals surface area contributed by atoms with Crippen molar-refractivity contribution in [1.29, 1.82) is 0 Å². The second kappa shape index (κ2) is 5.43. The summed E-state index contributed by atoms with van der Waals surface area (Å²) in [5.41, 5.74) is 1.17. The third-order valence-electron chi connectivity index (χ3n) is 4.88. The summed E-state index contributed by atoms with van der Waals surface area (Å²) >= 11 is 0. The molecule has 2 saturated carbocycles. The van der Waals surface area contributed by atoms with Gasteiger partial charge in [-0.2, -0.15) is 5.10 Å². The predicted octanol–water partition coefficient (Wildman–Crippen LogP) is 2.87. The van der Waals surface area contributed by atoms with E-state index in [1.807, 2.05) is 17.9 Å². The Morgan fingerprint density at radius 2 is 2.06 bits per heavy atom. The Labute approximate surface area is 110 Å². The number of rotatable bonds is 3. The topological polar surface area (TPSA) is 29.9 Å². The van der Waals surface area contributed by atoms with Gasteiger partial charge in [-0.15, -0.1) is 0 Å². The first-order chi connectivity index (χ1) is 8.81. The molecule has 0 saturated heterocycles. The summed E-state index contributed by atoms with van der Waals surface area (Å²) in [6, 6.07) is 2.84. The van der Waals surface area contributed by atoms with Crippen molar-refractivity contribution in [2.45, 2.75) is 57.5 Å². The van der Waals surface area contributed by atoms with Crippen molar-refractivity contribution in [3.63, 3.8) is 0 Å². The smallest absolute Gasteiger partial charge is 0.0762 e. The lowest BCUT2D eigenvalue weighted by molar-refractivity contribution is 0.143. The molecule has 0 amide bonds. The molecule has 3 rings (SSSR count). The SMILES string of the molecule is Cn1ccc(CNC2CCC3CCCCC3C2)n1. The van der Waals surface area contributed by atoms with Crippen LogP contribution in [0.5, 0.6) is 0 Å². The fourth-order valence-corrected chi connectivity index (χ4v) is 3.87. The highest BCUT2D eigenvalue weighted by Crippen LogP contribution is 2.40. The molecule has 1 heterocycles. The van der Waals surface area contributed by atoms with Crippen LogP contribution in [0.4, 0.5) is 0 Å². The molecule has 3 nitrogen and oxygen atoms in total. The molecule has 100 valence electrons. The molecule has 0 radical (unpaired) electrons. The Balaban J connectivity index is 1.49. The second-order valence-corrected chi connectivity index (χ2v) is 6.18. The lowest BCUT2D eigenvalue weighted by Crippen LogP contribution is -2.38. The third kappa shape index (κ3) is 2.77. The van der Waals surface area contributed by atoms with Crippen LogP contribution in [0.15, 0.2) is 12.3 Å². The fraction of sp³-hybridized carbons (Fsp3) is 0.800. The van der Waals surface area contributed by atoms with Gasteiger partial charge in [-0.25, -0.2) is 0 Å². The molecule has 1 aromatic rings. The van der Waals surface area contributed by atoms with E-state index in [2.05, 4.69) is 16.5 Å². The summed E-state index contributed by atoms with van der Waals surface area (Å²) in [4.78, 5) is 0. The monoisotopic (exact) mass is 247 g/mol. The van der Waals surface area contributed by atoms with E-state index in [1.54, 1.807) is 0 Å². The zero-order chi connectivity index (χ0) is 12.4. The minimum absolute atomic E-state index is 0.728. The molecule has 2 fully saturated rings. The standard InChI is InChI=1S/C15H25N3/c1-18-9-8-15(17-18)11-16-14-7-6-12-4-2-3-5-13(12)10-14/h8-9,12-14,16H,2-7,10-11H2,1H3. The largest absolute Gasteiger partial charge is 0.308 e. The first-order valence-electron chi connectivity index (χ1n) is 7.53. The van der Waals surface area contributed by atoms with Gasteiger partial charge < -0.3 is 5.32 Å². The van der Waals surface area contributed by atoms with Crippen molar-refractivity contribution in [2.75, 3.05) is 0 Å². The Hall–Kier alpha value is -0.830. The van der Waals surface area contributed by atoms with Gasteiger partial charge in [0.2, 0.25) is 0 Å². The number of nitrogens with zero attached hydrogens (tertiary/aromatic N) is 2. The minimum Gasteiger partial charge on any atom is -0.308 e. The average molecular weight is 247 g/mol. The second-order valence-electron chi connectivity index (χ2n) is 6.18. The summed E-state index contributed by atoms with van der Waals surface area (Å²) < 4.78 is 1.88. The van der Waals surface area contributed by atoms with Crippen molar-refractivity contribution < 1.29 is 0 Å². The van der Waals surface area contributed by atoms with Crippen LogP contribution in [-0.2, 0) is 13.6 Å². The molecular formula is C15H25N3. The van der Waals surface area contributed by atoms with E-state index in [0.717, 1.165) is 24.4 Å². The Bertz CT molecular complexity index is 385. The molecule has 0 bridgehead atoms. The summed E-state index contributed by atoms with van der Waals surface area (Å²) in [7, 11) is 1.98. The molecule has 2 aliphatic carbocycles. The molecule has 0 aromatic carbocycles. The van der Waals surface area contributed by atoms with Crippen molar-refractivity contribution in [3.05, 3.63) is 18.0 Å². The van der Waals surface area contributed by atoms with Crippen molar-refractivity contribution in [1.82, 2.24) is 15.1 Å². The number of hydrogen-bond acceptors (Lipinski definition) is 2. The Morgan fingerprint density at radius 3 is 2.83 bits per heavy atom.